The van der Waals surface area contributed by atoms with Crippen molar-refractivity contribution in [3.63, 3.8) is 0 Å². The first-order chi connectivity index (χ1) is 12.7. The molecule has 0 aliphatic carbocycles. The number of sulfone groups is 1. The number of anilines is 2. The molecular weight excluding hydrogens is 408 g/mol. The quantitative estimate of drug-likeness (QED) is 0.765. The van der Waals surface area contributed by atoms with Crippen LogP contribution in [0.1, 0.15) is 13.3 Å². The van der Waals surface area contributed by atoms with Crippen molar-refractivity contribution in [2.45, 2.75) is 28.4 Å². The van der Waals surface area contributed by atoms with Gasteiger partial charge in [0, 0.05) is 22.0 Å². The minimum absolute atomic E-state index is 0.110. The van der Waals surface area contributed by atoms with E-state index in [1.165, 1.54) is 17.8 Å². The van der Waals surface area contributed by atoms with E-state index in [9.17, 15) is 18.0 Å². The lowest BCUT2D eigenvalue weighted by Crippen LogP contribution is -2.26. The molecule has 1 aliphatic rings. The van der Waals surface area contributed by atoms with E-state index in [1.54, 1.807) is 43.3 Å². The van der Waals surface area contributed by atoms with Crippen LogP contribution in [-0.4, -0.2) is 31.2 Å². The van der Waals surface area contributed by atoms with Gasteiger partial charge in [0.25, 0.3) is 0 Å². The van der Waals surface area contributed by atoms with E-state index in [4.69, 9.17) is 11.6 Å². The van der Waals surface area contributed by atoms with Crippen molar-refractivity contribution >= 4 is 56.4 Å². The van der Waals surface area contributed by atoms with Gasteiger partial charge in [-0.1, -0.05) is 17.7 Å². The third-order valence-electron chi connectivity index (χ3n) is 3.95. The molecule has 0 radical (unpaired) electrons. The molecule has 0 saturated heterocycles. The first kappa shape index (κ1) is 19.7. The average molecular weight is 425 g/mol. The van der Waals surface area contributed by atoms with Gasteiger partial charge in [0.15, 0.2) is 9.84 Å². The second-order valence-electron chi connectivity index (χ2n) is 6.03. The molecule has 0 saturated carbocycles. The predicted octanol–water partition coefficient (Wildman–Crippen LogP) is 3.58. The monoisotopic (exact) mass is 424 g/mol. The lowest BCUT2D eigenvalue weighted by Gasteiger charge is -2.21. The largest absolute Gasteiger partial charge is 0.326 e. The summed E-state index contributed by atoms with van der Waals surface area (Å²) in [6.07, 6.45) is -0.174. The Morgan fingerprint density at radius 1 is 1.26 bits per heavy atom. The smallest absolute Gasteiger partial charge is 0.237 e. The van der Waals surface area contributed by atoms with Crippen LogP contribution in [0.2, 0.25) is 5.02 Å². The Bertz CT molecular complexity index is 1010. The highest BCUT2D eigenvalue weighted by Crippen LogP contribution is 2.37. The van der Waals surface area contributed by atoms with Crippen molar-refractivity contribution in [1.29, 1.82) is 0 Å². The van der Waals surface area contributed by atoms with Crippen molar-refractivity contribution in [3.05, 3.63) is 47.5 Å². The summed E-state index contributed by atoms with van der Waals surface area (Å²) in [5.41, 5.74) is 1.11. The summed E-state index contributed by atoms with van der Waals surface area (Å²) >= 11 is 7.17. The maximum absolute atomic E-state index is 12.6. The maximum Gasteiger partial charge on any atom is 0.237 e. The first-order valence-electron chi connectivity index (χ1n) is 8.14. The SMILES string of the molecule is CC1Sc2cc(S(=O)(=O)CCC(=O)Nc3cccc(Cl)c3)ccc2NC1=O. The first-order valence-corrected chi connectivity index (χ1v) is 11.1. The van der Waals surface area contributed by atoms with E-state index in [-0.39, 0.29) is 28.2 Å². The van der Waals surface area contributed by atoms with Crippen LogP contribution in [0.3, 0.4) is 0 Å². The van der Waals surface area contributed by atoms with Crippen LogP contribution in [0.5, 0.6) is 0 Å². The van der Waals surface area contributed by atoms with E-state index >= 15 is 0 Å². The van der Waals surface area contributed by atoms with Crippen LogP contribution in [-0.2, 0) is 19.4 Å². The van der Waals surface area contributed by atoms with Crippen molar-refractivity contribution in [3.8, 4) is 0 Å². The standard InChI is InChI=1S/C18H17ClN2O4S2/c1-11-18(23)21-15-6-5-14(10-16(15)26-11)27(24,25)8-7-17(22)20-13-4-2-3-12(19)9-13/h2-6,9-11H,7-8H2,1H3,(H,20,22)(H,21,23). The number of hydrogen-bond acceptors (Lipinski definition) is 5. The van der Waals surface area contributed by atoms with Crippen molar-refractivity contribution < 1.29 is 18.0 Å². The molecule has 2 aromatic carbocycles. The molecule has 2 amide bonds. The van der Waals surface area contributed by atoms with Gasteiger partial charge >= 0.3 is 0 Å². The molecule has 142 valence electrons. The zero-order valence-electron chi connectivity index (χ0n) is 14.4. The van der Waals surface area contributed by atoms with Crippen LogP contribution in [0.15, 0.2) is 52.3 Å². The number of thioether (sulfide) groups is 1. The molecule has 3 rings (SSSR count). The van der Waals surface area contributed by atoms with Gasteiger partial charge in [-0.3, -0.25) is 9.59 Å². The van der Waals surface area contributed by atoms with Gasteiger partial charge in [0.1, 0.15) is 0 Å². The Morgan fingerprint density at radius 3 is 2.78 bits per heavy atom. The Labute approximate surface area is 166 Å². The number of rotatable bonds is 5. The molecule has 1 unspecified atom stereocenters. The number of carbonyl (C=O) groups excluding carboxylic acids is 2. The van der Waals surface area contributed by atoms with Crippen LogP contribution < -0.4 is 10.6 Å². The minimum atomic E-state index is -3.63. The highest BCUT2D eigenvalue weighted by Gasteiger charge is 2.25. The predicted molar refractivity (Wildman–Crippen MR) is 107 cm³/mol. The third kappa shape index (κ3) is 4.82. The third-order valence-corrected chi connectivity index (χ3v) is 7.06. The Morgan fingerprint density at radius 2 is 2.04 bits per heavy atom. The van der Waals surface area contributed by atoms with E-state index in [2.05, 4.69) is 10.6 Å². The molecular formula is C18H17ClN2O4S2. The Kier molecular flexibility index (Phi) is 5.78. The van der Waals surface area contributed by atoms with Crippen LogP contribution in [0, 0.1) is 0 Å². The number of fused-ring (bicyclic) bond motifs is 1. The molecule has 0 aromatic heterocycles. The number of nitrogens with one attached hydrogen (secondary N) is 2. The molecule has 0 spiro atoms. The molecule has 0 bridgehead atoms. The molecule has 1 heterocycles. The zero-order valence-corrected chi connectivity index (χ0v) is 16.7. The van der Waals surface area contributed by atoms with Gasteiger partial charge in [-0.25, -0.2) is 8.42 Å². The summed E-state index contributed by atoms with van der Waals surface area (Å²) in [6.45, 7) is 1.75. The number of halogens is 1. The summed E-state index contributed by atoms with van der Waals surface area (Å²) in [6, 6.07) is 11.2. The molecule has 2 N–H and O–H groups in total. The maximum atomic E-state index is 12.6. The molecule has 9 heteroatoms. The topological polar surface area (TPSA) is 92.3 Å². The molecule has 0 fully saturated rings. The van der Waals surface area contributed by atoms with Gasteiger partial charge in [-0.2, -0.15) is 0 Å². The van der Waals surface area contributed by atoms with Crippen LogP contribution >= 0.6 is 23.4 Å². The summed E-state index contributed by atoms with van der Waals surface area (Å²) in [5.74, 6) is -0.833. The average Bonchev–Trinajstić information content (AvgIpc) is 2.61. The van der Waals surface area contributed by atoms with Gasteiger partial charge < -0.3 is 10.6 Å². The summed E-state index contributed by atoms with van der Waals surface area (Å²) < 4.78 is 25.2. The van der Waals surface area contributed by atoms with Crippen LogP contribution in [0.25, 0.3) is 0 Å². The fourth-order valence-electron chi connectivity index (χ4n) is 2.51. The fraction of sp³-hybridized carbons (Fsp3) is 0.222. The summed E-state index contributed by atoms with van der Waals surface area (Å²) in [4.78, 5) is 24.6. The molecule has 1 aliphatic heterocycles. The van der Waals surface area contributed by atoms with E-state index < -0.39 is 15.7 Å². The zero-order chi connectivity index (χ0) is 19.6. The minimum Gasteiger partial charge on any atom is -0.326 e. The second-order valence-corrected chi connectivity index (χ2v) is 9.96. The van der Waals surface area contributed by atoms with E-state index in [0.717, 1.165) is 0 Å². The highest BCUT2D eigenvalue weighted by molar-refractivity contribution is 8.01. The highest BCUT2D eigenvalue weighted by atomic mass is 35.5. The molecule has 27 heavy (non-hydrogen) atoms. The van der Waals surface area contributed by atoms with Gasteiger partial charge in [0.2, 0.25) is 11.8 Å². The second kappa shape index (κ2) is 7.92. The number of hydrogen-bond donors (Lipinski definition) is 2. The number of amides is 2. The van der Waals surface area contributed by atoms with Gasteiger partial charge in [0.05, 0.1) is 21.6 Å². The van der Waals surface area contributed by atoms with Crippen molar-refractivity contribution in [2.75, 3.05) is 16.4 Å². The summed E-state index contributed by atoms with van der Waals surface area (Å²) in [5, 5.41) is 5.56. The van der Waals surface area contributed by atoms with Gasteiger partial charge in [-0.05, 0) is 43.3 Å². The van der Waals surface area contributed by atoms with E-state index in [0.29, 0.717) is 21.3 Å². The Hall–Kier alpha value is -2.03. The van der Waals surface area contributed by atoms with Gasteiger partial charge in [-0.15, -0.1) is 11.8 Å². The summed E-state index contributed by atoms with van der Waals surface area (Å²) in [7, 11) is -3.63. The fourth-order valence-corrected chi connectivity index (χ4v) is 5.03. The molecule has 6 nitrogen and oxygen atoms in total. The number of benzene rings is 2. The molecule has 2 aromatic rings. The Balaban J connectivity index is 1.67. The lowest BCUT2D eigenvalue weighted by molar-refractivity contribution is -0.116. The molecule has 1 atom stereocenters. The normalized spacial score (nSPS) is 16.4. The van der Waals surface area contributed by atoms with Crippen molar-refractivity contribution in [1.82, 2.24) is 0 Å². The van der Waals surface area contributed by atoms with Crippen LogP contribution in [0.4, 0.5) is 11.4 Å². The lowest BCUT2D eigenvalue weighted by atomic mass is 10.3. The number of carbonyl (C=O) groups is 2. The van der Waals surface area contributed by atoms with Crippen molar-refractivity contribution in [2.24, 2.45) is 0 Å². The van der Waals surface area contributed by atoms with E-state index in [1.807, 2.05) is 0 Å².